The molecule has 4 heteroatoms. The zero-order chi connectivity index (χ0) is 19.2. The Labute approximate surface area is 155 Å². The van der Waals surface area contributed by atoms with Gasteiger partial charge >= 0.3 is 5.97 Å². The first-order chi connectivity index (χ1) is 12.6. The summed E-state index contributed by atoms with van der Waals surface area (Å²) in [6.45, 7) is 4.62. The molecule has 0 bridgehead atoms. The van der Waals surface area contributed by atoms with Crippen molar-refractivity contribution in [3.05, 3.63) is 71.3 Å². The number of aryl methyl sites for hydroxylation is 1. The number of hydrogen-bond acceptors (Lipinski definition) is 4. The van der Waals surface area contributed by atoms with Gasteiger partial charge in [0.15, 0.2) is 0 Å². The highest BCUT2D eigenvalue weighted by Gasteiger charge is 2.04. The van der Waals surface area contributed by atoms with Crippen molar-refractivity contribution in [2.45, 2.75) is 46.0 Å². The van der Waals surface area contributed by atoms with Gasteiger partial charge in [-0.2, -0.15) is 0 Å². The second kappa shape index (κ2) is 12.7. The molecule has 26 heavy (non-hydrogen) atoms. The molecular formula is C22H27O4-. The average Bonchev–Trinajstić information content (AvgIpc) is 2.68. The molecule has 4 nitrogen and oxygen atoms in total. The topological polar surface area (TPSA) is 66.4 Å². The van der Waals surface area contributed by atoms with Crippen molar-refractivity contribution in [2.24, 2.45) is 0 Å². The first-order valence-corrected chi connectivity index (χ1v) is 9.11. The highest BCUT2D eigenvalue weighted by Crippen LogP contribution is 2.07. The van der Waals surface area contributed by atoms with Crippen molar-refractivity contribution in [2.75, 3.05) is 6.61 Å². The molecule has 2 aromatic rings. The molecule has 140 valence electrons. The fraction of sp³-hybridized carbons (Fsp3) is 0.364. The number of benzene rings is 2. The van der Waals surface area contributed by atoms with Crippen molar-refractivity contribution in [3.8, 4) is 0 Å². The van der Waals surface area contributed by atoms with E-state index in [-0.39, 0.29) is 5.97 Å². The molecule has 0 amide bonds. The van der Waals surface area contributed by atoms with E-state index in [1.165, 1.54) is 12.8 Å². The predicted octanol–water partition coefficient (Wildman–Crippen LogP) is 4.04. The summed E-state index contributed by atoms with van der Waals surface area (Å²) in [5.41, 5.74) is 1.76. The van der Waals surface area contributed by atoms with Crippen LogP contribution in [0.1, 0.15) is 65.8 Å². The lowest BCUT2D eigenvalue weighted by molar-refractivity contribution is -0.255. The lowest BCUT2D eigenvalue weighted by atomic mass is 10.1. The third-order valence-corrected chi connectivity index (χ3v) is 3.86. The molecule has 0 aromatic heterocycles. The van der Waals surface area contributed by atoms with Crippen LogP contribution < -0.4 is 5.11 Å². The van der Waals surface area contributed by atoms with Gasteiger partial charge in [0.25, 0.3) is 0 Å². The molecule has 0 radical (unpaired) electrons. The Kier molecular flexibility index (Phi) is 10.5. The smallest absolute Gasteiger partial charge is 0.338 e. The summed E-state index contributed by atoms with van der Waals surface area (Å²) in [5.74, 6) is -1.31. The molecule has 0 aliphatic rings. The molecule has 0 N–H and O–H groups in total. The maximum Gasteiger partial charge on any atom is 0.338 e. The second-order valence-corrected chi connectivity index (χ2v) is 5.86. The molecule has 0 aliphatic carbocycles. The molecule has 0 saturated carbocycles. The van der Waals surface area contributed by atoms with Gasteiger partial charge in [0.2, 0.25) is 0 Å². The predicted molar refractivity (Wildman–Crippen MR) is 101 cm³/mol. The third-order valence-electron chi connectivity index (χ3n) is 3.86. The Bertz CT molecular complexity index is 665. The van der Waals surface area contributed by atoms with E-state index >= 15 is 0 Å². The largest absolute Gasteiger partial charge is 0.545 e. The molecule has 2 aromatic carbocycles. The van der Waals surface area contributed by atoms with E-state index in [0.29, 0.717) is 17.7 Å². The maximum absolute atomic E-state index is 11.5. The number of carboxylic acids is 1. The molecule has 0 heterocycles. The molecule has 0 aliphatic heterocycles. The lowest BCUT2D eigenvalue weighted by Crippen LogP contribution is -2.23. The fourth-order valence-corrected chi connectivity index (χ4v) is 2.38. The Morgan fingerprint density at radius 1 is 0.885 bits per heavy atom. The summed E-state index contributed by atoms with van der Waals surface area (Å²) in [5, 5.41) is 10.5. The van der Waals surface area contributed by atoms with Gasteiger partial charge < -0.3 is 14.6 Å². The van der Waals surface area contributed by atoms with Gasteiger partial charge in [-0.05, 0) is 30.5 Å². The zero-order valence-corrected chi connectivity index (χ0v) is 15.6. The molecular weight excluding hydrogens is 328 g/mol. The molecule has 0 atom stereocenters. The molecule has 0 fully saturated rings. The van der Waals surface area contributed by atoms with Gasteiger partial charge in [-0.1, -0.05) is 75.6 Å². The van der Waals surface area contributed by atoms with Crippen molar-refractivity contribution >= 4 is 11.9 Å². The van der Waals surface area contributed by atoms with E-state index in [9.17, 15) is 14.7 Å². The van der Waals surface area contributed by atoms with Gasteiger partial charge in [0.05, 0.1) is 18.1 Å². The van der Waals surface area contributed by atoms with Crippen LogP contribution >= 0.6 is 0 Å². The first-order valence-electron chi connectivity index (χ1n) is 9.11. The van der Waals surface area contributed by atoms with Gasteiger partial charge in [-0.15, -0.1) is 0 Å². The van der Waals surface area contributed by atoms with Crippen molar-refractivity contribution in [3.63, 3.8) is 0 Å². The molecule has 0 saturated heterocycles. The number of aromatic carboxylic acids is 1. The van der Waals surface area contributed by atoms with E-state index in [1.54, 1.807) is 30.3 Å². The minimum absolute atomic E-state index is 0.216. The Morgan fingerprint density at radius 2 is 1.54 bits per heavy atom. The summed E-state index contributed by atoms with van der Waals surface area (Å²) in [7, 11) is 0. The fourth-order valence-electron chi connectivity index (χ4n) is 2.38. The number of esters is 1. The number of hydrogen-bond donors (Lipinski definition) is 0. The van der Waals surface area contributed by atoms with Crippen LogP contribution in [0.15, 0.2) is 54.6 Å². The zero-order valence-electron chi connectivity index (χ0n) is 15.6. The summed E-state index contributed by atoms with van der Waals surface area (Å²) in [6.07, 6.45) is 5.24. The van der Waals surface area contributed by atoms with Crippen molar-refractivity contribution < 1.29 is 19.4 Å². The number of carboxylic acid groups (broad SMARTS) is 1. The lowest BCUT2D eigenvalue weighted by Gasteiger charge is -2.06. The van der Waals surface area contributed by atoms with Gasteiger partial charge in [-0.25, -0.2) is 4.79 Å². The normalized spacial score (nSPS) is 9.77. The van der Waals surface area contributed by atoms with Gasteiger partial charge in [0, 0.05) is 5.56 Å². The van der Waals surface area contributed by atoms with Crippen LogP contribution in [0.4, 0.5) is 0 Å². The minimum atomic E-state index is -1.09. The van der Waals surface area contributed by atoms with E-state index in [1.807, 2.05) is 31.2 Å². The molecule has 0 spiro atoms. The van der Waals surface area contributed by atoms with E-state index in [4.69, 9.17) is 4.74 Å². The summed E-state index contributed by atoms with van der Waals surface area (Å²) < 4.78 is 5.14. The number of rotatable bonds is 8. The first kappa shape index (κ1) is 21.4. The third kappa shape index (κ3) is 7.97. The van der Waals surface area contributed by atoms with Gasteiger partial charge in [0.1, 0.15) is 0 Å². The van der Waals surface area contributed by atoms with Crippen LogP contribution in [0.25, 0.3) is 0 Å². The van der Waals surface area contributed by atoms with Crippen LogP contribution in [-0.2, 0) is 11.2 Å². The minimum Gasteiger partial charge on any atom is -0.545 e. The van der Waals surface area contributed by atoms with Crippen LogP contribution in [-0.4, -0.2) is 18.5 Å². The number of unbranched alkanes of at least 4 members (excludes halogenated alkanes) is 3. The van der Waals surface area contributed by atoms with E-state index in [2.05, 4.69) is 6.92 Å². The second-order valence-electron chi connectivity index (χ2n) is 5.86. The number of carbonyl (C=O) groups excluding carboxylic acids is 2. The monoisotopic (exact) mass is 355 g/mol. The summed E-state index contributed by atoms with van der Waals surface area (Å²) >= 11 is 0. The highest BCUT2D eigenvalue weighted by molar-refractivity contribution is 5.89. The Morgan fingerprint density at radius 3 is 2.12 bits per heavy atom. The van der Waals surface area contributed by atoms with E-state index in [0.717, 1.165) is 24.8 Å². The molecule has 2 rings (SSSR count). The van der Waals surface area contributed by atoms with Gasteiger partial charge in [-0.3, -0.25) is 0 Å². The highest BCUT2D eigenvalue weighted by atomic mass is 16.5. The summed E-state index contributed by atoms with van der Waals surface area (Å²) in [6, 6.07) is 16.0. The maximum atomic E-state index is 11.5. The van der Waals surface area contributed by atoms with E-state index < -0.39 is 5.97 Å². The van der Waals surface area contributed by atoms with Crippen molar-refractivity contribution in [1.82, 2.24) is 0 Å². The van der Waals surface area contributed by atoms with Crippen LogP contribution in [0.3, 0.4) is 0 Å². The van der Waals surface area contributed by atoms with Crippen molar-refractivity contribution in [1.29, 1.82) is 0 Å². The quantitative estimate of drug-likeness (QED) is 0.529. The van der Waals surface area contributed by atoms with Crippen LogP contribution in [0, 0.1) is 0 Å². The van der Waals surface area contributed by atoms with Crippen LogP contribution in [0.5, 0.6) is 0 Å². The standard InChI is InChI=1S/C13H18O2.C9H10O2/c1-2-3-4-8-11-15-13(14)12-9-6-5-7-10-12;1-2-7-5-3-4-6-8(7)9(10)11/h5-7,9-10H,2-4,8,11H2,1H3;3-6H,2H2,1H3,(H,10,11)/p-1. The molecule has 0 unspecified atom stereocenters. The average molecular weight is 355 g/mol. The SMILES string of the molecule is CCCCCCOC(=O)c1ccccc1.CCc1ccccc1C(=O)[O-]. The number of ether oxygens (including phenoxy) is 1. The summed E-state index contributed by atoms with van der Waals surface area (Å²) in [4.78, 5) is 21.9. The van der Waals surface area contributed by atoms with Crippen LogP contribution in [0.2, 0.25) is 0 Å². The Balaban J connectivity index is 0.000000273. The Hall–Kier alpha value is -2.62. The number of carbonyl (C=O) groups is 2.